The summed E-state index contributed by atoms with van der Waals surface area (Å²) in [6.45, 7) is 2.28. The number of rotatable bonds is 5. The molecule has 3 aromatic rings. The Morgan fingerprint density at radius 3 is 2.67 bits per heavy atom. The normalized spacial score (nSPS) is 10.4. The van der Waals surface area contributed by atoms with E-state index in [4.69, 9.17) is 0 Å². The van der Waals surface area contributed by atoms with Gasteiger partial charge in [-0.05, 0) is 31.2 Å². The van der Waals surface area contributed by atoms with Crippen molar-refractivity contribution in [3.05, 3.63) is 65.0 Å². The number of para-hydroxylation sites is 1. The number of hydrogen-bond acceptors (Lipinski definition) is 4. The number of aryl methyl sites for hydroxylation is 1. The molecule has 0 spiro atoms. The van der Waals surface area contributed by atoms with Crippen molar-refractivity contribution in [3.8, 4) is 11.3 Å². The molecule has 0 saturated carbocycles. The summed E-state index contributed by atoms with van der Waals surface area (Å²) >= 11 is 1.62. The molecule has 0 aliphatic rings. The highest BCUT2D eigenvalue weighted by Crippen LogP contribution is 2.24. The van der Waals surface area contributed by atoms with Gasteiger partial charge in [0.2, 0.25) is 5.91 Å². The molecule has 0 saturated heterocycles. The lowest BCUT2D eigenvalue weighted by molar-refractivity contribution is -0.114. The third-order valence-corrected chi connectivity index (χ3v) is 4.41. The smallest absolute Gasteiger partial charge is 0.243 e. The summed E-state index contributed by atoms with van der Waals surface area (Å²) in [5.41, 5.74) is 3.74. The molecular weight excluding hydrogens is 318 g/mol. The molecule has 0 fully saturated rings. The molecule has 0 aliphatic carbocycles. The Morgan fingerprint density at radius 2 is 1.96 bits per heavy atom. The third-order valence-electron chi connectivity index (χ3n) is 3.64. The number of nitrogens with zero attached hydrogens (tertiary/aromatic N) is 2. The van der Waals surface area contributed by atoms with Gasteiger partial charge in [-0.25, -0.2) is 4.98 Å². The Morgan fingerprint density at radius 1 is 1.17 bits per heavy atom. The van der Waals surface area contributed by atoms with Gasteiger partial charge in [-0.15, -0.1) is 11.3 Å². The first-order valence-corrected chi connectivity index (χ1v) is 8.58. The Hall–Kier alpha value is -2.66. The van der Waals surface area contributed by atoms with E-state index in [2.05, 4.69) is 10.3 Å². The van der Waals surface area contributed by atoms with Crippen LogP contribution in [-0.2, 0) is 4.79 Å². The highest BCUT2D eigenvalue weighted by molar-refractivity contribution is 7.09. The molecule has 0 aliphatic heterocycles. The lowest BCUT2D eigenvalue weighted by Crippen LogP contribution is -2.29. The van der Waals surface area contributed by atoms with Gasteiger partial charge in [0.25, 0.3) is 0 Å². The zero-order valence-electron chi connectivity index (χ0n) is 13.7. The lowest BCUT2D eigenvalue weighted by atomic mass is 10.1. The van der Waals surface area contributed by atoms with Gasteiger partial charge in [0.05, 0.1) is 17.2 Å². The molecule has 0 atom stereocenters. The molecule has 5 heteroatoms. The predicted octanol–water partition coefficient (Wildman–Crippen LogP) is 4.19. The van der Waals surface area contributed by atoms with Crippen molar-refractivity contribution in [2.45, 2.75) is 6.92 Å². The summed E-state index contributed by atoms with van der Waals surface area (Å²) < 4.78 is 0. The van der Waals surface area contributed by atoms with E-state index in [9.17, 15) is 4.79 Å². The molecule has 0 bridgehead atoms. The molecule has 0 radical (unpaired) electrons. The molecule has 122 valence electrons. The minimum atomic E-state index is -0.0482. The Bertz CT molecular complexity index is 829. The summed E-state index contributed by atoms with van der Waals surface area (Å²) in [7, 11) is 1.91. The molecule has 0 unspecified atom stereocenters. The van der Waals surface area contributed by atoms with Crippen LogP contribution < -0.4 is 10.2 Å². The standard InChI is InChI=1S/C19H19N3OS/c1-14-20-18(13-24-14)15-7-6-8-16(11-15)21-19(23)12-22(2)17-9-4-3-5-10-17/h3-11,13H,12H2,1-2H3,(H,21,23). The predicted molar refractivity (Wildman–Crippen MR) is 101 cm³/mol. The van der Waals surface area contributed by atoms with Crippen molar-refractivity contribution in [1.29, 1.82) is 0 Å². The van der Waals surface area contributed by atoms with Crippen LogP contribution in [0, 0.1) is 6.92 Å². The van der Waals surface area contributed by atoms with Gasteiger partial charge in [-0.2, -0.15) is 0 Å². The van der Waals surface area contributed by atoms with Crippen molar-refractivity contribution >= 4 is 28.6 Å². The van der Waals surface area contributed by atoms with Crippen LogP contribution in [0.4, 0.5) is 11.4 Å². The first-order chi connectivity index (χ1) is 11.6. The average molecular weight is 337 g/mol. The third kappa shape index (κ3) is 4.00. The van der Waals surface area contributed by atoms with Crippen LogP contribution in [0.5, 0.6) is 0 Å². The van der Waals surface area contributed by atoms with Crippen LogP contribution in [0.25, 0.3) is 11.3 Å². The highest BCUT2D eigenvalue weighted by Gasteiger charge is 2.09. The fraction of sp³-hybridized carbons (Fsp3) is 0.158. The summed E-state index contributed by atoms with van der Waals surface area (Å²) in [6.07, 6.45) is 0. The van der Waals surface area contributed by atoms with E-state index < -0.39 is 0 Å². The van der Waals surface area contributed by atoms with Crippen LogP contribution >= 0.6 is 11.3 Å². The van der Waals surface area contributed by atoms with Crippen molar-refractivity contribution in [1.82, 2.24) is 4.98 Å². The highest BCUT2D eigenvalue weighted by atomic mass is 32.1. The van der Waals surface area contributed by atoms with Crippen molar-refractivity contribution in [3.63, 3.8) is 0 Å². The monoisotopic (exact) mass is 337 g/mol. The largest absolute Gasteiger partial charge is 0.365 e. The minimum absolute atomic E-state index is 0.0482. The van der Waals surface area contributed by atoms with E-state index in [1.165, 1.54) is 0 Å². The van der Waals surface area contributed by atoms with Gasteiger partial charge in [0.1, 0.15) is 0 Å². The summed E-state index contributed by atoms with van der Waals surface area (Å²) in [4.78, 5) is 18.7. The van der Waals surface area contributed by atoms with Gasteiger partial charge in [-0.3, -0.25) is 4.79 Å². The number of nitrogens with one attached hydrogen (secondary N) is 1. The van der Waals surface area contributed by atoms with Gasteiger partial charge in [-0.1, -0.05) is 30.3 Å². The number of benzene rings is 2. The second-order valence-corrected chi connectivity index (χ2v) is 6.63. The number of likely N-dealkylation sites (N-methyl/N-ethyl adjacent to an activating group) is 1. The zero-order valence-corrected chi connectivity index (χ0v) is 14.5. The van der Waals surface area contributed by atoms with Crippen LogP contribution in [0.1, 0.15) is 5.01 Å². The molecule has 3 rings (SSSR count). The van der Waals surface area contributed by atoms with E-state index in [1.807, 2.05) is 78.8 Å². The van der Waals surface area contributed by atoms with Gasteiger partial charge < -0.3 is 10.2 Å². The van der Waals surface area contributed by atoms with Crippen molar-refractivity contribution in [2.24, 2.45) is 0 Å². The number of hydrogen-bond donors (Lipinski definition) is 1. The maximum absolute atomic E-state index is 12.3. The molecule has 1 N–H and O–H groups in total. The van der Waals surface area contributed by atoms with E-state index in [1.54, 1.807) is 11.3 Å². The maximum atomic E-state index is 12.3. The van der Waals surface area contributed by atoms with Crippen LogP contribution in [0.2, 0.25) is 0 Å². The van der Waals surface area contributed by atoms with Crippen LogP contribution in [0.15, 0.2) is 60.0 Å². The fourth-order valence-corrected chi connectivity index (χ4v) is 3.06. The van der Waals surface area contributed by atoms with E-state index in [-0.39, 0.29) is 5.91 Å². The summed E-state index contributed by atoms with van der Waals surface area (Å²) in [6, 6.07) is 17.6. The Kier molecular flexibility index (Phi) is 4.91. The molecular formula is C19H19N3OS. The second-order valence-electron chi connectivity index (χ2n) is 5.57. The maximum Gasteiger partial charge on any atom is 0.243 e. The number of carbonyl (C=O) groups is 1. The summed E-state index contributed by atoms with van der Waals surface area (Å²) in [5.74, 6) is -0.0482. The topological polar surface area (TPSA) is 45.2 Å². The van der Waals surface area contributed by atoms with E-state index in [0.717, 1.165) is 27.6 Å². The fourth-order valence-electron chi connectivity index (χ4n) is 2.44. The van der Waals surface area contributed by atoms with Gasteiger partial charge in [0.15, 0.2) is 0 Å². The Labute approximate surface area is 145 Å². The van der Waals surface area contributed by atoms with Crippen molar-refractivity contribution < 1.29 is 4.79 Å². The van der Waals surface area contributed by atoms with Crippen molar-refractivity contribution in [2.75, 3.05) is 23.8 Å². The number of amides is 1. The molecule has 2 aromatic carbocycles. The number of anilines is 2. The first-order valence-electron chi connectivity index (χ1n) is 7.70. The zero-order chi connectivity index (χ0) is 16.9. The second kappa shape index (κ2) is 7.27. The Balaban J connectivity index is 1.66. The first kappa shape index (κ1) is 16.2. The SMILES string of the molecule is Cc1nc(-c2cccc(NC(=O)CN(C)c3ccccc3)c2)cs1. The van der Waals surface area contributed by atoms with Gasteiger partial charge >= 0.3 is 0 Å². The number of aromatic nitrogens is 1. The van der Waals surface area contributed by atoms with Gasteiger partial charge in [0, 0.05) is 29.4 Å². The summed E-state index contributed by atoms with van der Waals surface area (Å²) in [5, 5.41) is 6.01. The molecule has 1 heterocycles. The minimum Gasteiger partial charge on any atom is -0.365 e. The number of thiazole rings is 1. The van der Waals surface area contributed by atoms with E-state index >= 15 is 0 Å². The van der Waals surface area contributed by atoms with Crippen LogP contribution in [0.3, 0.4) is 0 Å². The lowest BCUT2D eigenvalue weighted by Gasteiger charge is -2.18. The molecule has 1 aromatic heterocycles. The average Bonchev–Trinajstić information content (AvgIpc) is 3.02. The van der Waals surface area contributed by atoms with Crippen LogP contribution in [-0.4, -0.2) is 24.5 Å². The molecule has 1 amide bonds. The molecule has 24 heavy (non-hydrogen) atoms. The van der Waals surface area contributed by atoms with E-state index in [0.29, 0.717) is 6.54 Å². The quantitative estimate of drug-likeness (QED) is 0.759. The number of carbonyl (C=O) groups excluding carboxylic acids is 1. The molecule has 4 nitrogen and oxygen atoms in total.